The van der Waals surface area contributed by atoms with Crippen LogP contribution < -0.4 is 14.8 Å². The van der Waals surface area contributed by atoms with E-state index in [1.807, 2.05) is 31.2 Å². The van der Waals surface area contributed by atoms with Crippen LogP contribution in [-0.2, 0) is 16.9 Å². The van der Waals surface area contributed by atoms with Crippen molar-refractivity contribution in [1.29, 1.82) is 0 Å². The minimum Gasteiger partial charge on any atom is -0.490 e. The van der Waals surface area contributed by atoms with E-state index in [9.17, 15) is 9.59 Å². The molecule has 3 heterocycles. The van der Waals surface area contributed by atoms with E-state index in [2.05, 4.69) is 15.5 Å². The lowest BCUT2D eigenvalue weighted by atomic mass is 9.91. The third-order valence-corrected chi connectivity index (χ3v) is 5.66. The number of nitrogens with one attached hydrogen (secondary N) is 1. The van der Waals surface area contributed by atoms with Crippen LogP contribution in [0.15, 0.2) is 46.9 Å². The van der Waals surface area contributed by atoms with E-state index in [-0.39, 0.29) is 12.4 Å². The van der Waals surface area contributed by atoms with Crippen LogP contribution in [-0.4, -0.2) is 40.2 Å². The Kier molecular flexibility index (Phi) is 4.80. The summed E-state index contributed by atoms with van der Waals surface area (Å²) in [6.45, 7) is 4.63. The first-order valence-corrected chi connectivity index (χ1v) is 10.4. The van der Waals surface area contributed by atoms with Crippen molar-refractivity contribution in [1.82, 2.24) is 20.4 Å². The Hall–Kier alpha value is -3.88. The standard InChI is InChI=1S/C23H22N4O5/c1-14-4-6-15(7-5-14)20-26-25-19(32-20)13-27-21(28)23(2,24-22(27)29)16-8-9-17-18(12-16)31-11-3-10-30-17/h4-9,12H,3,10-11,13H2,1-2H3,(H,24,29). The second kappa shape index (κ2) is 7.67. The molecule has 2 aliphatic heterocycles. The molecule has 3 aromatic rings. The molecule has 32 heavy (non-hydrogen) atoms. The minimum absolute atomic E-state index is 0.121. The quantitative estimate of drug-likeness (QED) is 0.629. The van der Waals surface area contributed by atoms with Gasteiger partial charge >= 0.3 is 6.03 Å². The number of hydrogen-bond acceptors (Lipinski definition) is 7. The number of nitrogens with zero attached hydrogens (tertiary/aromatic N) is 3. The zero-order valence-corrected chi connectivity index (χ0v) is 17.8. The monoisotopic (exact) mass is 434 g/mol. The van der Waals surface area contributed by atoms with Gasteiger partial charge in [-0.05, 0) is 43.7 Å². The summed E-state index contributed by atoms with van der Waals surface area (Å²) >= 11 is 0. The lowest BCUT2D eigenvalue weighted by molar-refractivity contribution is -0.131. The zero-order valence-electron chi connectivity index (χ0n) is 17.8. The second-order valence-corrected chi connectivity index (χ2v) is 8.03. The number of imide groups is 1. The molecule has 9 heteroatoms. The maximum Gasteiger partial charge on any atom is 0.325 e. The highest BCUT2D eigenvalue weighted by atomic mass is 16.5. The van der Waals surface area contributed by atoms with Gasteiger partial charge in [-0.1, -0.05) is 23.8 Å². The molecule has 1 N–H and O–H groups in total. The third kappa shape index (κ3) is 3.45. The van der Waals surface area contributed by atoms with Crippen LogP contribution in [0.3, 0.4) is 0 Å². The van der Waals surface area contributed by atoms with Crippen LogP contribution in [0, 0.1) is 6.92 Å². The molecule has 1 fully saturated rings. The Bertz CT molecular complexity index is 1190. The van der Waals surface area contributed by atoms with Gasteiger partial charge in [0.15, 0.2) is 11.5 Å². The van der Waals surface area contributed by atoms with Gasteiger partial charge in [0.1, 0.15) is 12.1 Å². The van der Waals surface area contributed by atoms with Gasteiger partial charge in [-0.25, -0.2) is 4.79 Å². The van der Waals surface area contributed by atoms with E-state index in [4.69, 9.17) is 13.9 Å². The summed E-state index contributed by atoms with van der Waals surface area (Å²) in [5, 5.41) is 10.8. The van der Waals surface area contributed by atoms with Gasteiger partial charge in [-0.15, -0.1) is 10.2 Å². The molecule has 1 saturated heterocycles. The molecule has 1 aromatic heterocycles. The molecule has 0 bridgehead atoms. The van der Waals surface area contributed by atoms with Gasteiger partial charge in [0.05, 0.1) is 13.2 Å². The average molecular weight is 434 g/mol. The van der Waals surface area contributed by atoms with Crippen LogP contribution in [0.5, 0.6) is 11.5 Å². The number of carbonyl (C=O) groups is 2. The molecule has 9 nitrogen and oxygen atoms in total. The van der Waals surface area contributed by atoms with Crippen LogP contribution in [0.1, 0.15) is 30.4 Å². The molecule has 0 saturated carbocycles. The maximum atomic E-state index is 13.3. The second-order valence-electron chi connectivity index (χ2n) is 8.03. The minimum atomic E-state index is -1.25. The predicted octanol–water partition coefficient (Wildman–Crippen LogP) is 3.17. The number of hydrogen-bond donors (Lipinski definition) is 1. The molecule has 2 aromatic carbocycles. The largest absolute Gasteiger partial charge is 0.490 e. The number of rotatable bonds is 4. The first kappa shape index (κ1) is 20.0. The fourth-order valence-corrected chi connectivity index (χ4v) is 3.78. The fourth-order valence-electron chi connectivity index (χ4n) is 3.78. The molecular weight excluding hydrogens is 412 g/mol. The first-order valence-electron chi connectivity index (χ1n) is 10.4. The number of urea groups is 1. The van der Waals surface area contributed by atoms with Crippen molar-refractivity contribution in [3.63, 3.8) is 0 Å². The normalized spacial score (nSPS) is 20.2. The van der Waals surface area contributed by atoms with Crippen molar-refractivity contribution in [3.8, 4) is 23.0 Å². The zero-order chi connectivity index (χ0) is 22.3. The van der Waals surface area contributed by atoms with Crippen molar-refractivity contribution in [2.24, 2.45) is 0 Å². The summed E-state index contributed by atoms with van der Waals surface area (Å²) < 4.78 is 17.1. The van der Waals surface area contributed by atoms with Crippen LogP contribution >= 0.6 is 0 Å². The van der Waals surface area contributed by atoms with Gasteiger partial charge in [0.25, 0.3) is 5.91 Å². The van der Waals surface area contributed by atoms with E-state index in [0.29, 0.717) is 36.2 Å². The molecule has 5 rings (SSSR count). The van der Waals surface area contributed by atoms with Crippen LogP contribution in [0.25, 0.3) is 11.5 Å². The highest BCUT2D eigenvalue weighted by molar-refractivity contribution is 6.07. The Balaban J connectivity index is 1.37. The molecular formula is C23H22N4O5. The molecule has 1 atom stereocenters. The van der Waals surface area contributed by atoms with Crippen molar-refractivity contribution in [2.75, 3.05) is 13.2 Å². The summed E-state index contributed by atoms with van der Waals surface area (Å²) in [6.07, 6.45) is 0.777. The Labute approximate surface area is 184 Å². The Morgan fingerprint density at radius 3 is 2.56 bits per heavy atom. The maximum absolute atomic E-state index is 13.3. The molecule has 1 unspecified atom stereocenters. The van der Waals surface area contributed by atoms with Gasteiger partial charge < -0.3 is 19.2 Å². The number of carbonyl (C=O) groups excluding carboxylic acids is 2. The molecule has 0 aliphatic carbocycles. The number of amides is 3. The fraction of sp³-hybridized carbons (Fsp3) is 0.304. The van der Waals surface area contributed by atoms with Gasteiger partial charge in [0, 0.05) is 12.0 Å². The van der Waals surface area contributed by atoms with E-state index < -0.39 is 17.5 Å². The Morgan fingerprint density at radius 2 is 1.78 bits per heavy atom. The van der Waals surface area contributed by atoms with E-state index in [0.717, 1.165) is 22.4 Å². The lowest BCUT2D eigenvalue weighted by Crippen LogP contribution is -2.40. The van der Waals surface area contributed by atoms with Gasteiger partial charge in [-0.2, -0.15) is 0 Å². The highest BCUT2D eigenvalue weighted by Gasteiger charge is 2.49. The number of aryl methyl sites for hydroxylation is 1. The number of fused-ring (bicyclic) bond motifs is 1. The number of aromatic nitrogens is 2. The smallest absolute Gasteiger partial charge is 0.325 e. The third-order valence-electron chi connectivity index (χ3n) is 5.66. The number of ether oxygens (including phenoxy) is 2. The molecule has 164 valence electrons. The summed E-state index contributed by atoms with van der Waals surface area (Å²) in [4.78, 5) is 27.0. The van der Waals surface area contributed by atoms with E-state index in [1.165, 1.54) is 0 Å². The summed E-state index contributed by atoms with van der Waals surface area (Å²) in [5.41, 5.74) is 1.24. The summed E-state index contributed by atoms with van der Waals surface area (Å²) in [6, 6.07) is 12.4. The van der Waals surface area contributed by atoms with Crippen molar-refractivity contribution in [3.05, 3.63) is 59.5 Å². The SMILES string of the molecule is Cc1ccc(-c2nnc(CN3C(=O)NC(C)(c4ccc5c(c4)OCCCO5)C3=O)o2)cc1. The molecule has 0 radical (unpaired) electrons. The van der Waals surface area contributed by atoms with Gasteiger partial charge in [-0.3, -0.25) is 9.69 Å². The summed E-state index contributed by atoms with van der Waals surface area (Å²) in [7, 11) is 0. The average Bonchev–Trinajstić information content (AvgIpc) is 3.23. The van der Waals surface area contributed by atoms with E-state index >= 15 is 0 Å². The van der Waals surface area contributed by atoms with Crippen LogP contribution in [0.4, 0.5) is 4.79 Å². The molecule has 2 aliphatic rings. The highest BCUT2D eigenvalue weighted by Crippen LogP contribution is 2.37. The Morgan fingerprint density at radius 1 is 1.03 bits per heavy atom. The van der Waals surface area contributed by atoms with Crippen molar-refractivity contribution in [2.45, 2.75) is 32.4 Å². The lowest BCUT2D eigenvalue weighted by Gasteiger charge is -2.23. The van der Waals surface area contributed by atoms with Crippen molar-refractivity contribution < 1.29 is 23.5 Å². The molecule has 3 amide bonds. The topological polar surface area (TPSA) is 107 Å². The van der Waals surface area contributed by atoms with Crippen LogP contribution in [0.2, 0.25) is 0 Å². The summed E-state index contributed by atoms with van der Waals surface area (Å²) in [5.74, 6) is 1.27. The molecule has 0 spiro atoms. The van der Waals surface area contributed by atoms with E-state index in [1.54, 1.807) is 25.1 Å². The predicted molar refractivity (Wildman–Crippen MR) is 113 cm³/mol. The number of benzene rings is 2. The van der Waals surface area contributed by atoms with Crippen molar-refractivity contribution >= 4 is 11.9 Å². The van der Waals surface area contributed by atoms with Gasteiger partial charge in [0.2, 0.25) is 11.8 Å². The first-order chi connectivity index (χ1) is 15.4.